The zero-order valence-electron chi connectivity index (χ0n) is 13.7. The summed E-state index contributed by atoms with van der Waals surface area (Å²) in [6, 6.07) is 11.3. The molecule has 7 heteroatoms. The number of sulfonamides is 1. The number of benzene rings is 2. The summed E-state index contributed by atoms with van der Waals surface area (Å²) in [7, 11) is -3.75. The van der Waals surface area contributed by atoms with Crippen molar-refractivity contribution in [2.24, 2.45) is 0 Å². The number of rotatable bonds is 5. The van der Waals surface area contributed by atoms with E-state index < -0.39 is 10.0 Å². The molecule has 0 fully saturated rings. The number of aromatic nitrogens is 1. The van der Waals surface area contributed by atoms with E-state index in [1.807, 2.05) is 13.8 Å². The van der Waals surface area contributed by atoms with Gasteiger partial charge in [-0.05, 0) is 56.3 Å². The van der Waals surface area contributed by atoms with E-state index in [1.54, 1.807) is 42.7 Å². The molecule has 3 rings (SSSR count). The first-order chi connectivity index (χ1) is 11.8. The second-order valence-corrected chi connectivity index (χ2v) is 7.91. The Morgan fingerprint density at radius 2 is 1.84 bits per heavy atom. The van der Waals surface area contributed by atoms with Crippen LogP contribution in [0.3, 0.4) is 0 Å². The Morgan fingerprint density at radius 3 is 2.52 bits per heavy atom. The lowest BCUT2D eigenvalue weighted by molar-refractivity contribution is 0.242. The fourth-order valence-corrected chi connectivity index (χ4v) is 3.73. The zero-order chi connectivity index (χ0) is 18.0. The van der Waals surface area contributed by atoms with E-state index in [9.17, 15) is 8.42 Å². The molecule has 130 valence electrons. The van der Waals surface area contributed by atoms with Crippen molar-refractivity contribution in [1.82, 2.24) is 4.98 Å². The van der Waals surface area contributed by atoms with E-state index in [0.717, 1.165) is 10.8 Å². The summed E-state index contributed by atoms with van der Waals surface area (Å²) in [5.74, 6) is 0.619. The third-order valence-corrected chi connectivity index (χ3v) is 5.07. The Labute approximate surface area is 151 Å². The predicted octanol–water partition coefficient (Wildman–Crippen LogP) is 4.48. The molecule has 1 N–H and O–H groups in total. The lowest BCUT2D eigenvalue weighted by Gasteiger charge is -2.13. The van der Waals surface area contributed by atoms with Gasteiger partial charge < -0.3 is 4.74 Å². The van der Waals surface area contributed by atoms with Gasteiger partial charge in [0.2, 0.25) is 0 Å². The highest BCUT2D eigenvalue weighted by Gasteiger charge is 2.16. The first-order valence-corrected chi connectivity index (χ1v) is 9.54. The minimum Gasteiger partial charge on any atom is -0.491 e. The van der Waals surface area contributed by atoms with Crippen molar-refractivity contribution in [3.05, 3.63) is 59.9 Å². The number of anilines is 1. The maximum atomic E-state index is 12.7. The van der Waals surface area contributed by atoms with Gasteiger partial charge in [-0.1, -0.05) is 11.6 Å². The van der Waals surface area contributed by atoms with Gasteiger partial charge in [-0.15, -0.1) is 0 Å². The molecule has 2 aromatic carbocycles. The predicted molar refractivity (Wildman–Crippen MR) is 99.8 cm³/mol. The minimum atomic E-state index is -3.75. The van der Waals surface area contributed by atoms with Crippen LogP contribution >= 0.6 is 11.6 Å². The summed E-state index contributed by atoms with van der Waals surface area (Å²) < 4.78 is 33.5. The monoisotopic (exact) mass is 376 g/mol. The van der Waals surface area contributed by atoms with Crippen molar-refractivity contribution in [2.75, 3.05) is 4.72 Å². The Bertz CT molecular complexity index is 1000. The first-order valence-electron chi connectivity index (χ1n) is 7.68. The topological polar surface area (TPSA) is 68.3 Å². The molecule has 0 spiro atoms. The third-order valence-electron chi connectivity index (χ3n) is 3.47. The van der Waals surface area contributed by atoms with Crippen LogP contribution in [0.15, 0.2) is 59.8 Å². The molecule has 0 saturated heterocycles. The summed E-state index contributed by atoms with van der Waals surface area (Å²) in [5.41, 5.74) is 0.410. The molecule has 0 aliphatic heterocycles. The lowest BCUT2D eigenvalue weighted by Crippen LogP contribution is -2.13. The molecule has 0 bridgehead atoms. The Morgan fingerprint density at radius 1 is 1.12 bits per heavy atom. The van der Waals surface area contributed by atoms with Crippen LogP contribution in [-0.2, 0) is 10.0 Å². The highest BCUT2D eigenvalue weighted by molar-refractivity contribution is 7.92. The highest BCUT2D eigenvalue weighted by atomic mass is 35.5. The van der Waals surface area contributed by atoms with E-state index in [4.69, 9.17) is 16.3 Å². The van der Waals surface area contributed by atoms with Crippen LogP contribution in [0, 0.1) is 0 Å². The van der Waals surface area contributed by atoms with Gasteiger partial charge in [0.1, 0.15) is 5.75 Å². The number of fused-ring (bicyclic) bond motifs is 1. The normalized spacial score (nSPS) is 11.7. The van der Waals surface area contributed by atoms with Crippen LogP contribution in [0.1, 0.15) is 13.8 Å². The van der Waals surface area contributed by atoms with Crippen LogP contribution in [0.25, 0.3) is 10.8 Å². The Balaban J connectivity index is 1.94. The molecule has 5 nitrogen and oxygen atoms in total. The van der Waals surface area contributed by atoms with Gasteiger partial charge in [0.15, 0.2) is 0 Å². The summed E-state index contributed by atoms with van der Waals surface area (Å²) in [4.78, 5) is 4.18. The lowest BCUT2D eigenvalue weighted by atomic mass is 10.1. The Hall–Kier alpha value is -2.31. The fraction of sp³-hybridized carbons (Fsp3) is 0.167. The molecule has 0 atom stereocenters. The molecule has 3 aromatic rings. The highest BCUT2D eigenvalue weighted by Crippen LogP contribution is 2.29. The number of ether oxygens (including phenoxy) is 1. The summed E-state index contributed by atoms with van der Waals surface area (Å²) in [5, 5.41) is 1.91. The summed E-state index contributed by atoms with van der Waals surface area (Å²) in [6.07, 6.45) is 3.26. The van der Waals surface area contributed by atoms with E-state index in [-0.39, 0.29) is 11.0 Å². The van der Waals surface area contributed by atoms with Crippen molar-refractivity contribution in [3.8, 4) is 5.75 Å². The maximum absolute atomic E-state index is 12.7. The van der Waals surface area contributed by atoms with Gasteiger partial charge in [-0.3, -0.25) is 9.71 Å². The smallest absolute Gasteiger partial charge is 0.261 e. The maximum Gasteiger partial charge on any atom is 0.261 e. The number of pyridine rings is 1. The van der Waals surface area contributed by atoms with E-state index in [1.165, 1.54) is 12.1 Å². The molecular formula is C18H17ClN2O3S. The van der Waals surface area contributed by atoms with E-state index in [0.29, 0.717) is 16.5 Å². The SMILES string of the molecule is CC(C)Oc1ccc(S(=O)(=O)Nc2cc(Cl)cc3cnccc23)cc1. The van der Waals surface area contributed by atoms with Crippen molar-refractivity contribution in [2.45, 2.75) is 24.8 Å². The molecule has 1 aromatic heterocycles. The van der Waals surface area contributed by atoms with Crippen molar-refractivity contribution in [3.63, 3.8) is 0 Å². The molecule has 0 aliphatic carbocycles. The molecule has 0 aliphatic rings. The molecule has 25 heavy (non-hydrogen) atoms. The number of hydrogen-bond donors (Lipinski definition) is 1. The van der Waals surface area contributed by atoms with Crippen LogP contribution in [0.4, 0.5) is 5.69 Å². The van der Waals surface area contributed by atoms with Gasteiger partial charge in [-0.25, -0.2) is 8.42 Å². The van der Waals surface area contributed by atoms with E-state index >= 15 is 0 Å². The fourth-order valence-electron chi connectivity index (χ4n) is 2.43. The van der Waals surface area contributed by atoms with Crippen LogP contribution in [0.5, 0.6) is 5.75 Å². The van der Waals surface area contributed by atoms with Crippen molar-refractivity contribution < 1.29 is 13.2 Å². The van der Waals surface area contributed by atoms with Gasteiger partial charge >= 0.3 is 0 Å². The zero-order valence-corrected chi connectivity index (χ0v) is 15.3. The minimum absolute atomic E-state index is 0.0204. The van der Waals surface area contributed by atoms with Crippen LogP contribution < -0.4 is 9.46 Å². The summed E-state index contributed by atoms with van der Waals surface area (Å²) in [6.45, 7) is 3.82. The average molecular weight is 377 g/mol. The van der Waals surface area contributed by atoms with Crippen LogP contribution in [0.2, 0.25) is 5.02 Å². The van der Waals surface area contributed by atoms with Gasteiger partial charge in [-0.2, -0.15) is 0 Å². The largest absolute Gasteiger partial charge is 0.491 e. The van der Waals surface area contributed by atoms with Crippen LogP contribution in [-0.4, -0.2) is 19.5 Å². The molecule has 0 amide bonds. The number of hydrogen-bond acceptors (Lipinski definition) is 4. The van der Waals surface area contributed by atoms with Gasteiger partial charge in [0, 0.05) is 28.2 Å². The standard InChI is InChI=1S/C18H17ClN2O3S/c1-12(2)24-15-3-5-16(6-4-15)25(22,23)21-18-10-14(19)9-13-11-20-8-7-17(13)18/h3-12,21H,1-2H3. The van der Waals surface area contributed by atoms with Gasteiger partial charge in [0.05, 0.1) is 16.7 Å². The second kappa shape index (κ2) is 6.90. The first kappa shape index (κ1) is 17.5. The molecule has 0 unspecified atom stereocenters. The number of nitrogens with zero attached hydrogens (tertiary/aromatic N) is 1. The number of halogens is 1. The molecular weight excluding hydrogens is 360 g/mol. The quantitative estimate of drug-likeness (QED) is 0.713. The summed E-state index contributed by atoms with van der Waals surface area (Å²) >= 11 is 6.09. The van der Waals surface area contributed by atoms with Gasteiger partial charge in [0.25, 0.3) is 10.0 Å². The molecule has 0 saturated carbocycles. The second-order valence-electron chi connectivity index (χ2n) is 5.79. The number of nitrogens with one attached hydrogen (secondary N) is 1. The molecule has 0 radical (unpaired) electrons. The van der Waals surface area contributed by atoms with E-state index in [2.05, 4.69) is 9.71 Å². The van der Waals surface area contributed by atoms with Crippen molar-refractivity contribution >= 4 is 38.1 Å². The third kappa shape index (κ3) is 4.03. The Kier molecular flexibility index (Phi) is 4.83. The van der Waals surface area contributed by atoms with Crippen molar-refractivity contribution in [1.29, 1.82) is 0 Å². The molecule has 1 heterocycles. The average Bonchev–Trinajstić information content (AvgIpc) is 2.54.